The quantitative estimate of drug-likeness (QED) is 0.628. The lowest BCUT2D eigenvalue weighted by molar-refractivity contribution is -0.309. The largest absolute Gasteiger partial charge is 0.434 e. The van der Waals surface area contributed by atoms with Gasteiger partial charge in [0.15, 0.2) is 0 Å². The molecule has 176 valence electrons. The summed E-state index contributed by atoms with van der Waals surface area (Å²) in [5.41, 5.74) is 0. The highest BCUT2D eigenvalue weighted by Crippen LogP contribution is 2.36. The molecular formula is C19H18F6N2O4S. The second-order valence-electron chi connectivity index (χ2n) is 7.28. The molecule has 1 heterocycles. The van der Waals surface area contributed by atoms with Gasteiger partial charge < -0.3 is 9.64 Å². The molecule has 1 aliphatic heterocycles. The molecular weight excluding hydrogens is 466 g/mol. The van der Waals surface area contributed by atoms with Crippen molar-refractivity contribution in [1.82, 2.24) is 9.62 Å². The number of sulfonamides is 1. The fourth-order valence-electron chi connectivity index (χ4n) is 3.30. The number of ether oxygens (including phenoxy) is 1. The zero-order valence-corrected chi connectivity index (χ0v) is 17.1. The Labute approximate surface area is 179 Å². The summed E-state index contributed by atoms with van der Waals surface area (Å²) in [5, 5.41) is 1.27. The summed E-state index contributed by atoms with van der Waals surface area (Å²) in [7, 11) is -3.85. The second-order valence-corrected chi connectivity index (χ2v) is 9.02. The summed E-state index contributed by atoms with van der Waals surface area (Å²) in [6.07, 6.45) is -17.3. The predicted octanol–water partition coefficient (Wildman–Crippen LogP) is 4.07. The summed E-state index contributed by atoms with van der Waals surface area (Å²) in [6.45, 7) is -0.304. The molecule has 0 spiro atoms. The van der Waals surface area contributed by atoms with Crippen LogP contribution in [0.5, 0.6) is 0 Å². The van der Waals surface area contributed by atoms with Crippen molar-refractivity contribution in [2.24, 2.45) is 5.92 Å². The zero-order valence-electron chi connectivity index (χ0n) is 16.3. The van der Waals surface area contributed by atoms with Crippen LogP contribution < -0.4 is 4.72 Å². The van der Waals surface area contributed by atoms with Gasteiger partial charge in [-0.1, -0.05) is 36.4 Å². The number of benzene rings is 2. The van der Waals surface area contributed by atoms with Crippen LogP contribution in [-0.4, -0.2) is 57.5 Å². The lowest BCUT2D eigenvalue weighted by Gasteiger charge is -2.39. The average Bonchev–Trinajstić information content (AvgIpc) is 2.65. The minimum Gasteiger partial charge on any atom is -0.426 e. The summed E-state index contributed by atoms with van der Waals surface area (Å²) in [5.74, 6) is -0.298. The number of rotatable bonds is 6. The van der Waals surface area contributed by atoms with Crippen LogP contribution in [0.2, 0.25) is 0 Å². The minimum atomic E-state index is -5.78. The monoisotopic (exact) mass is 484 g/mol. The topological polar surface area (TPSA) is 75.7 Å². The van der Waals surface area contributed by atoms with Crippen LogP contribution in [0.3, 0.4) is 0 Å². The van der Waals surface area contributed by atoms with Crippen molar-refractivity contribution in [3.8, 4) is 0 Å². The van der Waals surface area contributed by atoms with E-state index in [4.69, 9.17) is 0 Å². The Bertz CT molecular complexity index is 1060. The van der Waals surface area contributed by atoms with Crippen LogP contribution >= 0.6 is 0 Å². The highest BCUT2D eigenvalue weighted by molar-refractivity contribution is 7.89. The first-order valence-corrected chi connectivity index (χ1v) is 10.8. The van der Waals surface area contributed by atoms with Crippen LogP contribution in [0.25, 0.3) is 10.8 Å². The summed E-state index contributed by atoms with van der Waals surface area (Å²) in [4.78, 5) is 12.4. The average molecular weight is 484 g/mol. The molecule has 2 aromatic rings. The van der Waals surface area contributed by atoms with Gasteiger partial charge in [0.2, 0.25) is 10.0 Å². The van der Waals surface area contributed by atoms with Crippen LogP contribution in [0.15, 0.2) is 47.4 Å². The number of fused-ring (bicyclic) bond motifs is 1. The van der Waals surface area contributed by atoms with Crippen molar-refractivity contribution < 1.29 is 44.3 Å². The zero-order chi connectivity index (χ0) is 23.7. The molecule has 32 heavy (non-hydrogen) atoms. The molecule has 1 N–H and O–H groups in total. The van der Waals surface area contributed by atoms with E-state index in [1.165, 1.54) is 6.07 Å². The Morgan fingerprint density at radius 1 is 1.03 bits per heavy atom. The predicted molar refractivity (Wildman–Crippen MR) is 101 cm³/mol. The standard InChI is InChI=1S/C19H18F6N2O4S/c20-18(21,22)16(19(23,24)25)31-17(28)27-10-12(11-27)8-9-26-32(29,30)15-7-3-5-13-4-1-2-6-14(13)15/h1-7,12,16,26H,8-11H2. The summed E-state index contributed by atoms with van der Waals surface area (Å²) in [6, 6.07) is 11.7. The van der Waals surface area contributed by atoms with Gasteiger partial charge in [-0.3, -0.25) is 0 Å². The number of nitrogens with zero attached hydrogens (tertiary/aromatic N) is 1. The Kier molecular flexibility index (Phi) is 6.61. The fraction of sp³-hybridized carbons (Fsp3) is 0.421. The maximum atomic E-state index is 12.6. The number of nitrogens with one attached hydrogen (secondary N) is 1. The Morgan fingerprint density at radius 2 is 1.62 bits per heavy atom. The first kappa shape index (κ1) is 24.1. The van der Waals surface area contributed by atoms with E-state index in [1.54, 1.807) is 36.4 Å². The van der Waals surface area contributed by atoms with Crippen LogP contribution in [-0.2, 0) is 14.8 Å². The molecule has 1 fully saturated rings. The molecule has 3 rings (SSSR count). The van der Waals surface area contributed by atoms with E-state index in [1.807, 2.05) is 0 Å². The third kappa shape index (κ3) is 5.44. The molecule has 1 aliphatic rings. The van der Waals surface area contributed by atoms with Crippen molar-refractivity contribution in [2.45, 2.75) is 29.8 Å². The molecule has 13 heteroatoms. The van der Waals surface area contributed by atoms with Gasteiger partial charge in [0.1, 0.15) is 0 Å². The van der Waals surface area contributed by atoms with Gasteiger partial charge >= 0.3 is 18.4 Å². The highest BCUT2D eigenvalue weighted by atomic mass is 32.2. The second kappa shape index (κ2) is 8.77. The number of hydrogen-bond donors (Lipinski definition) is 1. The van der Waals surface area contributed by atoms with Crippen LogP contribution in [0, 0.1) is 5.92 Å². The Hall–Kier alpha value is -2.54. The third-order valence-corrected chi connectivity index (χ3v) is 6.43. The van der Waals surface area contributed by atoms with Crippen LogP contribution in [0.4, 0.5) is 31.1 Å². The van der Waals surface area contributed by atoms with Crippen molar-refractivity contribution in [3.63, 3.8) is 0 Å². The Balaban J connectivity index is 1.50. The van der Waals surface area contributed by atoms with Gasteiger partial charge in [0.25, 0.3) is 6.10 Å². The molecule has 0 atom stereocenters. The number of alkyl halides is 6. The van der Waals surface area contributed by atoms with E-state index in [-0.39, 0.29) is 36.9 Å². The number of likely N-dealkylation sites (tertiary alicyclic amines) is 1. The molecule has 0 bridgehead atoms. The molecule has 0 saturated carbocycles. The number of carbonyl (C=O) groups excluding carboxylic acids is 1. The SMILES string of the molecule is O=C(OC(C(F)(F)F)C(F)(F)F)N1CC(CCNS(=O)(=O)c2cccc3ccccc23)C1. The van der Waals surface area contributed by atoms with Gasteiger partial charge in [-0.2, -0.15) is 26.3 Å². The van der Waals surface area contributed by atoms with Gasteiger partial charge in [-0.15, -0.1) is 0 Å². The highest BCUT2D eigenvalue weighted by Gasteiger charge is 2.60. The molecule has 1 saturated heterocycles. The Morgan fingerprint density at radius 3 is 2.25 bits per heavy atom. The van der Waals surface area contributed by atoms with Crippen LogP contribution in [0.1, 0.15) is 6.42 Å². The fourth-order valence-corrected chi connectivity index (χ4v) is 4.58. The van der Waals surface area contributed by atoms with Crippen molar-refractivity contribution in [1.29, 1.82) is 0 Å². The first-order valence-electron chi connectivity index (χ1n) is 9.35. The van der Waals surface area contributed by atoms with Gasteiger partial charge in [0.05, 0.1) is 4.90 Å². The molecule has 0 aliphatic carbocycles. The maximum absolute atomic E-state index is 12.6. The van der Waals surface area contributed by atoms with Crippen molar-refractivity contribution in [3.05, 3.63) is 42.5 Å². The van der Waals surface area contributed by atoms with Gasteiger partial charge in [-0.05, 0) is 23.8 Å². The molecule has 2 aromatic carbocycles. The number of carbonyl (C=O) groups is 1. The number of hydrogen-bond acceptors (Lipinski definition) is 4. The van der Waals surface area contributed by atoms with Gasteiger partial charge in [0, 0.05) is 25.0 Å². The summed E-state index contributed by atoms with van der Waals surface area (Å²) >= 11 is 0. The smallest absolute Gasteiger partial charge is 0.426 e. The van der Waals surface area contributed by atoms with E-state index >= 15 is 0 Å². The van der Waals surface area contributed by atoms with E-state index < -0.39 is 34.6 Å². The lowest BCUT2D eigenvalue weighted by Crippen LogP contribution is -2.54. The number of amides is 1. The van der Waals surface area contributed by atoms with E-state index in [9.17, 15) is 39.6 Å². The maximum Gasteiger partial charge on any atom is 0.434 e. The van der Waals surface area contributed by atoms with Crippen molar-refractivity contribution in [2.75, 3.05) is 19.6 Å². The molecule has 6 nitrogen and oxygen atoms in total. The molecule has 0 aromatic heterocycles. The lowest BCUT2D eigenvalue weighted by atomic mass is 9.97. The van der Waals surface area contributed by atoms with E-state index in [0.717, 1.165) is 5.39 Å². The first-order chi connectivity index (χ1) is 14.8. The van der Waals surface area contributed by atoms with Crippen molar-refractivity contribution >= 4 is 26.9 Å². The third-order valence-electron chi connectivity index (χ3n) is 4.91. The molecule has 1 amide bonds. The van der Waals surface area contributed by atoms with Gasteiger partial charge in [-0.25, -0.2) is 17.9 Å². The minimum absolute atomic E-state index is 0.0210. The summed E-state index contributed by atoms with van der Waals surface area (Å²) < 4.78 is 106. The van der Waals surface area contributed by atoms with E-state index in [2.05, 4.69) is 9.46 Å². The molecule has 0 radical (unpaired) electrons. The normalized spacial score (nSPS) is 15.8. The molecule has 0 unspecified atom stereocenters. The van der Waals surface area contributed by atoms with E-state index in [0.29, 0.717) is 10.3 Å². The number of halogens is 6.